The highest BCUT2D eigenvalue weighted by atomic mass is 31.2. The first-order valence-electron chi connectivity index (χ1n) is 38.1. The lowest BCUT2D eigenvalue weighted by atomic mass is 10.0. The summed E-state index contributed by atoms with van der Waals surface area (Å²) < 4.78 is 68.2. The molecule has 0 bridgehead atoms. The first kappa shape index (κ1) is 90.1. The molecule has 0 heterocycles. The SMILES string of the molecule is CCCCCCCCCCCCCCCCCCCCCC(=O)O[C@H](COC(=O)CCCCCCCCCCCCCCC(C)C)COP(=O)(O)OC[C@@H](O)COP(=O)(O)OC[C@@H](COC(=O)CCCCCCC)OC(=O)CCCCCCCCCCCCCCC. The van der Waals surface area contributed by atoms with Crippen LogP contribution in [0.5, 0.6) is 0 Å². The van der Waals surface area contributed by atoms with Crippen LogP contribution >= 0.6 is 15.6 Å². The number of unbranched alkanes of at least 4 members (excludes halogenated alkanes) is 45. The molecule has 17 nitrogen and oxygen atoms in total. The third-order valence-corrected chi connectivity index (χ3v) is 18.9. The number of phosphoric ester groups is 2. The second kappa shape index (κ2) is 66.3. The molecule has 0 rings (SSSR count). The summed E-state index contributed by atoms with van der Waals surface area (Å²) in [4.78, 5) is 72.4. The van der Waals surface area contributed by atoms with Gasteiger partial charge < -0.3 is 33.8 Å². The first-order valence-corrected chi connectivity index (χ1v) is 41.1. The van der Waals surface area contributed by atoms with E-state index in [1.54, 1.807) is 0 Å². The third-order valence-electron chi connectivity index (χ3n) is 17.0. The van der Waals surface area contributed by atoms with Gasteiger partial charge in [-0.2, -0.15) is 0 Å². The van der Waals surface area contributed by atoms with Gasteiger partial charge >= 0.3 is 39.5 Å². The highest BCUT2D eigenvalue weighted by Crippen LogP contribution is 2.45. The Labute approximate surface area is 562 Å². The lowest BCUT2D eigenvalue weighted by Crippen LogP contribution is -2.30. The van der Waals surface area contributed by atoms with Crippen LogP contribution in [-0.4, -0.2) is 96.7 Å². The van der Waals surface area contributed by atoms with Gasteiger partial charge in [-0.25, -0.2) is 9.13 Å². The van der Waals surface area contributed by atoms with Gasteiger partial charge in [0, 0.05) is 25.7 Å². The molecule has 2 unspecified atom stereocenters. The number of aliphatic hydroxyl groups is 1. The van der Waals surface area contributed by atoms with Gasteiger partial charge in [-0.1, -0.05) is 330 Å². The number of hydrogen-bond donors (Lipinski definition) is 3. The first-order chi connectivity index (χ1) is 44.5. The Morgan fingerprint density at radius 2 is 0.500 bits per heavy atom. The molecule has 0 amide bonds. The van der Waals surface area contributed by atoms with Gasteiger partial charge in [0.2, 0.25) is 0 Å². The summed E-state index contributed by atoms with van der Waals surface area (Å²) in [5, 5.41) is 10.6. The molecule has 0 radical (unpaired) electrons. The average molecular weight is 1350 g/mol. The number of ether oxygens (including phenoxy) is 4. The largest absolute Gasteiger partial charge is 0.472 e. The number of hydrogen-bond acceptors (Lipinski definition) is 15. The van der Waals surface area contributed by atoms with E-state index in [0.29, 0.717) is 25.7 Å². The zero-order valence-electron chi connectivity index (χ0n) is 59.7. The number of phosphoric acid groups is 2. The van der Waals surface area contributed by atoms with E-state index in [4.69, 9.17) is 37.0 Å². The summed E-state index contributed by atoms with van der Waals surface area (Å²) >= 11 is 0. The molecule has 0 aliphatic carbocycles. The van der Waals surface area contributed by atoms with Gasteiger partial charge in [0.15, 0.2) is 12.2 Å². The molecule has 0 aromatic carbocycles. The smallest absolute Gasteiger partial charge is 0.462 e. The number of aliphatic hydroxyl groups excluding tert-OH is 1. The van der Waals surface area contributed by atoms with E-state index >= 15 is 0 Å². The van der Waals surface area contributed by atoms with Crippen molar-refractivity contribution in [2.75, 3.05) is 39.6 Å². The van der Waals surface area contributed by atoms with Crippen molar-refractivity contribution in [3.8, 4) is 0 Å². The molecule has 0 aliphatic heterocycles. The van der Waals surface area contributed by atoms with Crippen LogP contribution in [0.25, 0.3) is 0 Å². The fraction of sp³-hybridized carbons (Fsp3) is 0.945. The van der Waals surface area contributed by atoms with Crippen LogP contribution in [0.2, 0.25) is 0 Å². The Bertz CT molecular complexity index is 1770. The highest BCUT2D eigenvalue weighted by Gasteiger charge is 2.30. The Morgan fingerprint density at radius 1 is 0.293 bits per heavy atom. The van der Waals surface area contributed by atoms with E-state index in [-0.39, 0.29) is 25.7 Å². The Balaban J connectivity index is 5.14. The van der Waals surface area contributed by atoms with Crippen LogP contribution in [0.4, 0.5) is 0 Å². The molecule has 546 valence electrons. The van der Waals surface area contributed by atoms with Crippen LogP contribution < -0.4 is 0 Å². The van der Waals surface area contributed by atoms with Crippen molar-refractivity contribution in [1.29, 1.82) is 0 Å². The maximum atomic E-state index is 13.0. The maximum absolute atomic E-state index is 13.0. The summed E-state index contributed by atoms with van der Waals surface area (Å²) in [5.41, 5.74) is 0. The van der Waals surface area contributed by atoms with Crippen LogP contribution in [-0.2, 0) is 65.4 Å². The fourth-order valence-electron chi connectivity index (χ4n) is 11.2. The molecule has 0 saturated carbocycles. The van der Waals surface area contributed by atoms with Crippen molar-refractivity contribution in [2.24, 2.45) is 5.92 Å². The predicted octanol–water partition coefficient (Wildman–Crippen LogP) is 21.3. The monoisotopic (exact) mass is 1350 g/mol. The molecular formula is C73H142O17P2. The van der Waals surface area contributed by atoms with Gasteiger partial charge in [-0.05, 0) is 31.6 Å². The van der Waals surface area contributed by atoms with Crippen molar-refractivity contribution in [1.82, 2.24) is 0 Å². The Morgan fingerprint density at radius 3 is 0.739 bits per heavy atom. The zero-order chi connectivity index (χ0) is 67.7. The molecule has 0 saturated heterocycles. The summed E-state index contributed by atoms with van der Waals surface area (Å²) in [7, 11) is -9.89. The molecule has 0 aromatic rings. The van der Waals surface area contributed by atoms with Gasteiger partial charge in [0.25, 0.3) is 0 Å². The molecule has 19 heteroatoms. The van der Waals surface area contributed by atoms with Crippen LogP contribution in [0.1, 0.15) is 381 Å². The minimum absolute atomic E-state index is 0.107. The number of carbonyl (C=O) groups is 4. The number of rotatable bonds is 73. The van der Waals surface area contributed by atoms with Crippen LogP contribution in [0.3, 0.4) is 0 Å². The van der Waals surface area contributed by atoms with Gasteiger partial charge in [0.1, 0.15) is 19.3 Å². The van der Waals surface area contributed by atoms with E-state index < -0.39 is 97.5 Å². The minimum Gasteiger partial charge on any atom is -0.462 e. The van der Waals surface area contributed by atoms with Gasteiger partial charge in [-0.3, -0.25) is 37.3 Å². The Hall–Kier alpha value is -1.94. The lowest BCUT2D eigenvalue weighted by Gasteiger charge is -2.21. The molecule has 0 fully saturated rings. The standard InChI is InChI=1S/C73H142O17P2/c1-6-9-12-15-17-19-21-23-24-25-26-27-28-30-36-40-44-49-54-59-73(78)90-69(63-84-71(76)57-52-47-42-38-34-32-31-33-37-41-46-50-55-66(4)5)65-88-92(81,82)86-61-67(74)60-85-91(79,80)87-64-68(62-83-70(75)56-51-45-14-11-8-3)89-72(77)58-53-48-43-39-35-29-22-20-18-16-13-10-7-2/h66-69,74H,6-65H2,1-5H3,(H,79,80)(H,81,82)/t67-,68+,69+/m0/s1. The number of esters is 4. The van der Waals surface area contributed by atoms with E-state index in [0.717, 1.165) is 102 Å². The average Bonchev–Trinajstić information content (AvgIpc) is 2.98. The van der Waals surface area contributed by atoms with E-state index in [2.05, 4.69) is 34.6 Å². The highest BCUT2D eigenvalue weighted by molar-refractivity contribution is 7.47. The van der Waals surface area contributed by atoms with Crippen LogP contribution in [0.15, 0.2) is 0 Å². The van der Waals surface area contributed by atoms with Crippen molar-refractivity contribution < 1.29 is 80.2 Å². The molecule has 0 spiro atoms. The third kappa shape index (κ3) is 66.7. The van der Waals surface area contributed by atoms with Crippen molar-refractivity contribution >= 4 is 39.5 Å². The normalized spacial score (nSPS) is 14.0. The molecule has 92 heavy (non-hydrogen) atoms. The van der Waals surface area contributed by atoms with Gasteiger partial charge in [0.05, 0.1) is 26.4 Å². The predicted molar refractivity (Wildman–Crippen MR) is 372 cm³/mol. The second-order valence-electron chi connectivity index (χ2n) is 26.8. The maximum Gasteiger partial charge on any atom is 0.472 e. The minimum atomic E-state index is -4.95. The second-order valence-corrected chi connectivity index (χ2v) is 29.7. The Kier molecular flexibility index (Phi) is 64.9. The molecular weight excluding hydrogens is 1210 g/mol. The molecule has 0 aromatic heterocycles. The van der Waals surface area contributed by atoms with Crippen molar-refractivity contribution in [3.05, 3.63) is 0 Å². The van der Waals surface area contributed by atoms with Gasteiger partial charge in [-0.15, -0.1) is 0 Å². The molecule has 0 aliphatic rings. The quantitative estimate of drug-likeness (QED) is 0.0222. The summed E-state index contributed by atoms with van der Waals surface area (Å²) in [5.74, 6) is -1.35. The zero-order valence-corrected chi connectivity index (χ0v) is 61.5. The van der Waals surface area contributed by atoms with Crippen molar-refractivity contribution in [2.45, 2.75) is 400 Å². The van der Waals surface area contributed by atoms with E-state index in [9.17, 15) is 43.2 Å². The van der Waals surface area contributed by atoms with Crippen LogP contribution in [0, 0.1) is 5.92 Å². The molecule has 5 atom stereocenters. The summed E-state index contributed by atoms with van der Waals surface area (Å²) in [6, 6.07) is 0. The fourth-order valence-corrected chi connectivity index (χ4v) is 12.8. The lowest BCUT2D eigenvalue weighted by molar-refractivity contribution is -0.161. The van der Waals surface area contributed by atoms with Crippen molar-refractivity contribution in [3.63, 3.8) is 0 Å². The topological polar surface area (TPSA) is 237 Å². The molecule has 3 N–H and O–H groups in total. The number of carbonyl (C=O) groups excluding carboxylic acids is 4. The summed E-state index contributed by atoms with van der Waals surface area (Å²) in [6.45, 7) is 7.20. The summed E-state index contributed by atoms with van der Waals surface area (Å²) in [6.07, 6.45) is 54.5. The van der Waals surface area contributed by atoms with E-state index in [1.807, 2.05) is 0 Å². The van der Waals surface area contributed by atoms with E-state index in [1.165, 1.54) is 199 Å².